The fraction of sp³-hybridized carbons (Fsp3) is 0.316. The van der Waals surface area contributed by atoms with E-state index in [4.69, 9.17) is 11.6 Å². The van der Waals surface area contributed by atoms with E-state index in [1.807, 2.05) is 6.07 Å². The van der Waals surface area contributed by atoms with Crippen LogP contribution in [0, 0.1) is 17.6 Å². The van der Waals surface area contributed by atoms with Gasteiger partial charge < -0.3 is 10.6 Å². The van der Waals surface area contributed by atoms with Crippen LogP contribution in [-0.4, -0.2) is 11.9 Å². The van der Waals surface area contributed by atoms with Gasteiger partial charge in [0.15, 0.2) is 0 Å². The van der Waals surface area contributed by atoms with E-state index in [0.29, 0.717) is 28.7 Å². The molecule has 2 aromatic carbocycles. The fourth-order valence-corrected chi connectivity index (χ4v) is 3.22. The Morgan fingerprint density at radius 2 is 1.88 bits per heavy atom. The molecule has 4 rings (SSSR count). The molecular weight excluding hydrogens is 346 g/mol. The van der Waals surface area contributed by atoms with Crippen LogP contribution in [0.1, 0.15) is 30.7 Å². The van der Waals surface area contributed by atoms with Gasteiger partial charge in [-0.3, -0.25) is 4.79 Å². The summed E-state index contributed by atoms with van der Waals surface area (Å²) in [7, 11) is 0. The van der Waals surface area contributed by atoms with Gasteiger partial charge in [-0.25, -0.2) is 8.78 Å². The van der Waals surface area contributed by atoms with Crippen molar-refractivity contribution in [2.45, 2.75) is 31.2 Å². The maximum atomic E-state index is 13.9. The molecule has 1 amide bonds. The fourth-order valence-electron chi connectivity index (χ4n) is 3.05. The van der Waals surface area contributed by atoms with E-state index in [-0.39, 0.29) is 17.7 Å². The topological polar surface area (TPSA) is 41.1 Å². The molecular formula is C19H17ClF2N2O. The minimum Gasteiger partial charge on any atom is -0.381 e. The molecule has 130 valence electrons. The SMILES string of the molecule is O=C(Nc1cc(Cl)ccc1NC1CC1)[C@@H]1C[C@@H]1c1ccc(F)cc1F. The molecule has 0 saturated heterocycles. The second kappa shape index (κ2) is 6.30. The number of nitrogens with one attached hydrogen (secondary N) is 2. The third-order valence-corrected chi connectivity index (χ3v) is 4.90. The van der Waals surface area contributed by atoms with Gasteiger partial charge in [0.25, 0.3) is 0 Å². The number of halogens is 3. The van der Waals surface area contributed by atoms with Gasteiger partial charge in [-0.15, -0.1) is 0 Å². The Morgan fingerprint density at radius 1 is 1.08 bits per heavy atom. The molecule has 2 aliphatic carbocycles. The Hall–Kier alpha value is -2.14. The van der Waals surface area contributed by atoms with Gasteiger partial charge in [0.05, 0.1) is 11.4 Å². The van der Waals surface area contributed by atoms with Gasteiger partial charge in [-0.05, 0) is 55.0 Å². The number of carbonyl (C=O) groups is 1. The lowest BCUT2D eigenvalue weighted by Gasteiger charge is -2.13. The number of anilines is 2. The van der Waals surface area contributed by atoms with E-state index in [1.54, 1.807) is 12.1 Å². The molecule has 2 aliphatic rings. The smallest absolute Gasteiger partial charge is 0.228 e. The Kier molecular flexibility index (Phi) is 4.12. The summed E-state index contributed by atoms with van der Waals surface area (Å²) in [6.07, 6.45) is 2.79. The largest absolute Gasteiger partial charge is 0.381 e. The third kappa shape index (κ3) is 3.61. The van der Waals surface area contributed by atoms with Gasteiger partial charge in [-0.1, -0.05) is 17.7 Å². The van der Waals surface area contributed by atoms with Crippen molar-refractivity contribution in [2.24, 2.45) is 5.92 Å². The zero-order valence-electron chi connectivity index (χ0n) is 13.4. The Bertz CT molecular complexity index is 838. The lowest BCUT2D eigenvalue weighted by Crippen LogP contribution is -2.16. The maximum absolute atomic E-state index is 13.9. The summed E-state index contributed by atoms with van der Waals surface area (Å²) in [5.41, 5.74) is 1.86. The number of hydrogen-bond acceptors (Lipinski definition) is 2. The van der Waals surface area contributed by atoms with Crippen molar-refractivity contribution >= 4 is 28.9 Å². The monoisotopic (exact) mass is 362 g/mol. The zero-order valence-corrected chi connectivity index (χ0v) is 14.1. The van der Waals surface area contributed by atoms with Crippen LogP contribution in [0.2, 0.25) is 5.02 Å². The molecule has 25 heavy (non-hydrogen) atoms. The van der Waals surface area contributed by atoms with Crippen LogP contribution in [-0.2, 0) is 4.79 Å². The third-order valence-electron chi connectivity index (χ3n) is 4.67. The molecule has 0 heterocycles. The standard InChI is InChI=1S/C19H17ClF2N2O/c20-10-1-6-17(23-12-3-4-12)18(7-10)24-19(25)15-9-14(15)13-5-2-11(21)8-16(13)22/h1-2,5-8,12,14-15,23H,3-4,9H2,(H,24,25)/t14-,15-/m1/s1. The molecule has 2 atom stereocenters. The molecule has 6 heteroatoms. The first-order valence-corrected chi connectivity index (χ1v) is 8.71. The van der Waals surface area contributed by atoms with Crippen LogP contribution in [0.25, 0.3) is 0 Å². The highest BCUT2D eigenvalue weighted by Gasteiger charge is 2.45. The van der Waals surface area contributed by atoms with Crippen molar-refractivity contribution in [3.8, 4) is 0 Å². The highest BCUT2D eigenvalue weighted by molar-refractivity contribution is 6.31. The van der Waals surface area contributed by atoms with E-state index in [0.717, 1.165) is 24.6 Å². The van der Waals surface area contributed by atoms with E-state index in [1.165, 1.54) is 12.1 Å². The first-order chi connectivity index (χ1) is 12.0. The molecule has 2 saturated carbocycles. The zero-order chi connectivity index (χ0) is 17.6. The van der Waals surface area contributed by atoms with Crippen molar-refractivity contribution in [3.05, 3.63) is 58.6 Å². The summed E-state index contributed by atoms with van der Waals surface area (Å²) in [5.74, 6) is -1.90. The molecule has 0 spiro atoms. The molecule has 0 aliphatic heterocycles. The minimum atomic E-state index is -0.613. The van der Waals surface area contributed by atoms with Crippen LogP contribution in [0.4, 0.5) is 20.2 Å². The van der Waals surface area contributed by atoms with Gasteiger partial charge in [-0.2, -0.15) is 0 Å². The lowest BCUT2D eigenvalue weighted by atomic mass is 10.1. The van der Waals surface area contributed by atoms with Gasteiger partial charge in [0, 0.05) is 23.0 Å². The molecule has 2 N–H and O–H groups in total. The summed E-state index contributed by atoms with van der Waals surface area (Å²) in [4.78, 5) is 12.5. The van der Waals surface area contributed by atoms with E-state index in [9.17, 15) is 13.6 Å². The van der Waals surface area contributed by atoms with Crippen LogP contribution >= 0.6 is 11.6 Å². The minimum absolute atomic E-state index is 0.171. The van der Waals surface area contributed by atoms with Gasteiger partial charge in [0.1, 0.15) is 11.6 Å². The van der Waals surface area contributed by atoms with Crippen molar-refractivity contribution in [2.75, 3.05) is 10.6 Å². The first-order valence-electron chi connectivity index (χ1n) is 8.33. The predicted molar refractivity (Wildman–Crippen MR) is 93.9 cm³/mol. The van der Waals surface area contributed by atoms with Crippen LogP contribution in [0.5, 0.6) is 0 Å². The van der Waals surface area contributed by atoms with Crippen molar-refractivity contribution in [3.63, 3.8) is 0 Å². The van der Waals surface area contributed by atoms with Crippen molar-refractivity contribution in [1.29, 1.82) is 0 Å². The average molecular weight is 363 g/mol. The second-order valence-electron chi connectivity index (χ2n) is 6.71. The number of hydrogen-bond donors (Lipinski definition) is 2. The Morgan fingerprint density at radius 3 is 2.60 bits per heavy atom. The van der Waals surface area contributed by atoms with Crippen LogP contribution in [0.15, 0.2) is 36.4 Å². The summed E-state index contributed by atoms with van der Waals surface area (Å²) < 4.78 is 26.9. The number of amides is 1. The van der Waals surface area contributed by atoms with E-state index < -0.39 is 11.6 Å². The summed E-state index contributed by atoms with van der Waals surface area (Å²) in [6.45, 7) is 0. The normalized spacial score (nSPS) is 21.7. The maximum Gasteiger partial charge on any atom is 0.228 e. The van der Waals surface area contributed by atoms with Crippen LogP contribution in [0.3, 0.4) is 0 Å². The number of benzene rings is 2. The quantitative estimate of drug-likeness (QED) is 0.791. The molecule has 0 aromatic heterocycles. The molecule has 0 unspecified atom stereocenters. The lowest BCUT2D eigenvalue weighted by molar-refractivity contribution is -0.117. The second-order valence-corrected chi connectivity index (χ2v) is 7.15. The van der Waals surface area contributed by atoms with Crippen molar-refractivity contribution < 1.29 is 13.6 Å². The van der Waals surface area contributed by atoms with Crippen molar-refractivity contribution in [1.82, 2.24) is 0 Å². The number of carbonyl (C=O) groups excluding carboxylic acids is 1. The Balaban J connectivity index is 1.47. The van der Waals surface area contributed by atoms with E-state index >= 15 is 0 Å². The summed E-state index contributed by atoms with van der Waals surface area (Å²) >= 11 is 6.04. The summed E-state index contributed by atoms with van der Waals surface area (Å²) in [5, 5.41) is 6.79. The summed E-state index contributed by atoms with van der Waals surface area (Å²) in [6, 6.07) is 9.27. The Labute approximate surface area is 149 Å². The van der Waals surface area contributed by atoms with Gasteiger partial charge in [0.2, 0.25) is 5.91 Å². The number of rotatable bonds is 5. The highest BCUT2D eigenvalue weighted by atomic mass is 35.5. The predicted octanol–water partition coefficient (Wildman–Crippen LogP) is 4.93. The van der Waals surface area contributed by atoms with Gasteiger partial charge >= 0.3 is 0 Å². The molecule has 0 bridgehead atoms. The van der Waals surface area contributed by atoms with Crippen LogP contribution < -0.4 is 10.6 Å². The highest BCUT2D eigenvalue weighted by Crippen LogP contribution is 2.49. The molecule has 0 radical (unpaired) electrons. The molecule has 3 nitrogen and oxygen atoms in total. The molecule has 2 aromatic rings. The first kappa shape index (κ1) is 16.3. The molecule has 2 fully saturated rings. The average Bonchev–Trinajstić information content (AvgIpc) is 3.44. The van der Waals surface area contributed by atoms with E-state index in [2.05, 4.69) is 10.6 Å².